The van der Waals surface area contributed by atoms with Crippen LogP contribution in [-0.4, -0.2) is 67.2 Å². The molecular formula is C20H22N4O7S. The highest BCUT2D eigenvalue weighted by atomic mass is 32.1. The highest BCUT2D eigenvalue weighted by molar-refractivity contribution is 7.14. The minimum atomic E-state index is -1.28. The molecule has 3 atom stereocenters. The zero-order valence-corrected chi connectivity index (χ0v) is 18.6. The van der Waals surface area contributed by atoms with Gasteiger partial charge in [-0.25, -0.2) is 19.5 Å². The van der Waals surface area contributed by atoms with E-state index in [4.69, 9.17) is 9.47 Å². The molecule has 0 aliphatic carbocycles. The van der Waals surface area contributed by atoms with Gasteiger partial charge in [0.05, 0.1) is 20.3 Å². The van der Waals surface area contributed by atoms with E-state index in [0.717, 1.165) is 16.2 Å². The van der Waals surface area contributed by atoms with Crippen molar-refractivity contribution in [3.05, 3.63) is 40.9 Å². The van der Waals surface area contributed by atoms with Crippen LogP contribution in [0.2, 0.25) is 0 Å². The number of amides is 4. The maximum absolute atomic E-state index is 13.1. The fourth-order valence-corrected chi connectivity index (χ4v) is 3.84. The van der Waals surface area contributed by atoms with E-state index in [1.165, 1.54) is 26.7 Å². The topological polar surface area (TPSA) is 136 Å². The summed E-state index contributed by atoms with van der Waals surface area (Å²) in [6, 6.07) is 3.68. The monoisotopic (exact) mass is 462 g/mol. The SMILES string of the molecule is COC(=O)c1csc(NC(=O)[C@H]([C@@H](C)OC)N2C(=O)N[C@H](c3ccc(OC)cc3)C2=O)n1. The molecular weight excluding hydrogens is 440 g/mol. The summed E-state index contributed by atoms with van der Waals surface area (Å²) in [6.45, 7) is 1.56. The fraction of sp³-hybridized carbons (Fsp3) is 0.350. The number of nitrogens with zero attached hydrogens (tertiary/aromatic N) is 2. The van der Waals surface area contributed by atoms with Crippen molar-refractivity contribution in [2.45, 2.75) is 25.1 Å². The number of anilines is 1. The average molecular weight is 462 g/mol. The summed E-state index contributed by atoms with van der Waals surface area (Å²) in [6.07, 6.45) is -0.820. The number of aromatic nitrogens is 1. The zero-order chi connectivity index (χ0) is 23.4. The lowest BCUT2D eigenvalue weighted by Crippen LogP contribution is -2.53. The second kappa shape index (κ2) is 9.75. The van der Waals surface area contributed by atoms with Crippen molar-refractivity contribution in [3.63, 3.8) is 0 Å². The van der Waals surface area contributed by atoms with Crippen molar-refractivity contribution in [2.24, 2.45) is 0 Å². The van der Waals surface area contributed by atoms with Gasteiger partial charge in [-0.3, -0.25) is 9.59 Å². The number of nitrogens with one attached hydrogen (secondary N) is 2. The molecule has 1 aromatic carbocycles. The normalized spacial score (nSPS) is 17.5. The van der Waals surface area contributed by atoms with E-state index in [9.17, 15) is 19.2 Å². The molecule has 0 unspecified atom stereocenters. The van der Waals surface area contributed by atoms with E-state index < -0.39 is 42.0 Å². The molecule has 4 amide bonds. The Bertz CT molecular complexity index is 1020. The molecule has 0 radical (unpaired) electrons. The van der Waals surface area contributed by atoms with E-state index in [0.29, 0.717) is 11.3 Å². The van der Waals surface area contributed by atoms with Crippen LogP contribution in [0.3, 0.4) is 0 Å². The van der Waals surface area contributed by atoms with E-state index in [-0.39, 0.29) is 10.8 Å². The average Bonchev–Trinajstić information content (AvgIpc) is 3.38. The van der Waals surface area contributed by atoms with E-state index >= 15 is 0 Å². The summed E-state index contributed by atoms with van der Waals surface area (Å²) in [4.78, 5) is 55.3. The van der Waals surface area contributed by atoms with Crippen molar-refractivity contribution in [1.29, 1.82) is 0 Å². The first-order valence-corrected chi connectivity index (χ1v) is 10.3. The zero-order valence-electron chi connectivity index (χ0n) is 17.8. The molecule has 1 aliphatic rings. The standard InChI is InChI=1S/C20H22N4O7S/c1-10(29-2)15(16(25)23-19-21-13(9-32-19)18(27)31-4)24-17(26)14(22-20(24)28)11-5-7-12(30-3)8-6-11/h5-10,14-15H,1-4H3,(H,22,28)(H,21,23,25)/t10-,14-,15+/m1/s1. The maximum atomic E-state index is 13.1. The Morgan fingerprint density at radius 2 is 1.88 bits per heavy atom. The van der Waals surface area contributed by atoms with E-state index in [1.54, 1.807) is 31.2 Å². The van der Waals surface area contributed by atoms with Gasteiger partial charge >= 0.3 is 12.0 Å². The van der Waals surface area contributed by atoms with Gasteiger partial charge < -0.3 is 24.8 Å². The number of ether oxygens (including phenoxy) is 3. The van der Waals surface area contributed by atoms with Crippen LogP contribution in [0.1, 0.15) is 29.0 Å². The van der Waals surface area contributed by atoms with Gasteiger partial charge in [0.1, 0.15) is 17.8 Å². The molecule has 1 aliphatic heterocycles. The number of benzene rings is 1. The molecule has 32 heavy (non-hydrogen) atoms. The molecule has 2 heterocycles. The predicted octanol–water partition coefficient (Wildman–Crippen LogP) is 1.57. The third-order valence-electron chi connectivity index (χ3n) is 4.91. The van der Waals surface area contributed by atoms with Crippen molar-refractivity contribution < 1.29 is 33.4 Å². The molecule has 1 saturated heterocycles. The molecule has 2 aromatic rings. The lowest BCUT2D eigenvalue weighted by Gasteiger charge is -2.28. The summed E-state index contributed by atoms with van der Waals surface area (Å²) in [5, 5.41) is 6.67. The third kappa shape index (κ3) is 4.55. The lowest BCUT2D eigenvalue weighted by atomic mass is 10.1. The van der Waals surface area contributed by atoms with Gasteiger partial charge in [-0.15, -0.1) is 11.3 Å². The molecule has 1 aromatic heterocycles. The maximum Gasteiger partial charge on any atom is 0.357 e. The van der Waals surface area contributed by atoms with Gasteiger partial charge in [-0.1, -0.05) is 12.1 Å². The van der Waals surface area contributed by atoms with Gasteiger partial charge in [0.2, 0.25) is 0 Å². The summed E-state index contributed by atoms with van der Waals surface area (Å²) >= 11 is 1.00. The van der Waals surface area contributed by atoms with E-state index in [2.05, 4.69) is 20.4 Å². The number of hydrogen-bond acceptors (Lipinski definition) is 9. The molecule has 12 heteroatoms. The summed E-state index contributed by atoms with van der Waals surface area (Å²) < 4.78 is 15.0. The minimum Gasteiger partial charge on any atom is -0.497 e. The van der Waals surface area contributed by atoms with Crippen LogP contribution in [0, 0.1) is 0 Å². The second-order valence-corrected chi connectivity index (χ2v) is 7.63. The first-order valence-electron chi connectivity index (χ1n) is 9.45. The van der Waals surface area contributed by atoms with Gasteiger partial charge in [-0.05, 0) is 24.6 Å². The minimum absolute atomic E-state index is 0.0266. The van der Waals surface area contributed by atoms with Gasteiger partial charge in [0.15, 0.2) is 10.8 Å². The summed E-state index contributed by atoms with van der Waals surface area (Å²) in [5.41, 5.74) is 0.567. The molecule has 170 valence electrons. The molecule has 2 N–H and O–H groups in total. The third-order valence-corrected chi connectivity index (χ3v) is 5.67. The van der Waals surface area contributed by atoms with Crippen LogP contribution >= 0.6 is 11.3 Å². The summed E-state index contributed by atoms with van der Waals surface area (Å²) in [7, 11) is 4.10. The number of rotatable bonds is 8. The molecule has 1 fully saturated rings. The predicted molar refractivity (Wildman–Crippen MR) is 113 cm³/mol. The number of carbonyl (C=O) groups excluding carboxylic acids is 4. The Kier molecular flexibility index (Phi) is 7.05. The van der Waals surface area contributed by atoms with Crippen LogP contribution < -0.4 is 15.4 Å². The molecule has 0 bridgehead atoms. The Labute approximate surface area is 187 Å². The Balaban J connectivity index is 1.83. The number of hydrogen-bond donors (Lipinski definition) is 2. The smallest absolute Gasteiger partial charge is 0.357 e. The first kappa shape index (κ1) is 23.2. The van der Waals surface area contributed by atoms with Crippen LogP contribution in [0.15, 0.2) is 29.6 Å². The van der Waals surface area contributed by atoms with Crippen molar-refractivity contribution in [1.82, 2.24) is 15.2 Å². The number of thiazole rings is 1. The van der Waals surface area contributed by atoms with Crippen LogP contribution in [0.5, 0.6) is 5.75 Å². The van der Waals surface area contributed by atoms with E-state index in [1.807, 2.05) is 0 Å². The quantitative estimate of drug-likeness (QED) is 0.446. The largest absolute Gasteiger partial charge is 0.497 e. The fourth-order valence-electron chi connectivity index (χ4n) is 3.16. The molecule has 3 rings (SSSR count). The number of carbonyl (C=O) groups is 4. The van der Waals surface area contributed by atoms with Crippen molar-refractivity contribution in [2.75, 3.05) is 26.6 Å². The number of urea groups is 1. The number of esters is 1. The van der Waals surface area contributed by atoms with Crippen LogP contribution in [0.25, 0.3) is 0 Å². The Hall–Kier alpha value is -3.51. The molecule has 11 nitrogen and oxygen atoms in total. The number of methoxy groups -OCH3 is 3. The highest BCUT2D eigenvalue weighted by Gasteiger charge is 2.47. The van der Waals surface area contributed by atoms with Gasteiger partial charge in [0, 0.05) is 12.5 Å². The van der Waals surface area contributed by atoms with Crippen molar-refractivity contribution >= 4 is 40.3 Å². The summed E-state index contributed by atoms with van der Waals surface area (Å²) in [5.74, 6) is -1.34. The molecule has 0 saturated carbocycles. The lowest BCUT2D eigenvalue weighted by molar-refractivity contribution is -0.137. The second-order valence-electron chi connectivity index (χ2n) is 6.77. The van der Waals surface area contributed by atoms with Crippen molar-refractivity contribution in [3.8, 4) is 5.75 Å². The van der Waals surface area contributed by atoms with Crippen LogP contribution in [-0.2, 0) is 19.1 Å². The van der Waals surface area contributed by atoms with Gasteiger partial charge in [0.25, 0.3) is 11.8 Å². The van der Waals surface area contributed by atoms with Crippen LogP contribution in [0.4, 0.5) is 9.93 Å². The number of imide groups is 1. The van der Waals surface area contributed by atoms with Gasteiger partial charge in [-0.2, -0.15) is 0 Å². The Morgan fingerprint density at radius 3 is 2.47 bits per heavy atom. The first-order chi connectivity index (χ1) is 15.3. The molecule has 0 spiro atoms. The highest BCUT2D eigenvalue weighted by Crippen LogP contribution is 2.27. The Morgan fingerprint density at radius 1 is 1.19 bits per heavy atom.